The van der Waals surface area contributed by atoms with Gasteiger partial charge in [0.2, 0.25) is 0 Å². The summed E-state index contributed by atoms with van der Waals surface area (Å²) in [4.78, 5) is 20.1. The van der Waals surface area contributed by atoms with Crippen LogP contribution in [0.15, 0.2) is 29.4 Å². The summed E-state index contributed by atoms with van der Waals surface area (Å²) in [5.41, 5.74) is 2.25. The normalized spacial score (nSPS) is 10.3. The van der Waals surface area contributed by atoms with Crippen LogP contribution in [0.25, 0.3) is 0 Å². The molecule has 16 heavy (non-hydrogen) atoms. The van der Waals surface area contributed by atoms with Gasteiger partial charge >= 0.3 is 0 Å². The summed E-state index contributed by atoms with van der Waals surface area (Å²) in [6, 6.07) is 7.09. The molecule has 0 fully saturated rings. The molecular formula is C9H6N4O3. The summed E-state index contributed by atoms with van der Waals surface area (Å²) in [7, 11) is 0. The second-order valence-electron chi connectivity index (χ2n) is 2.65. The van der Waals surface area contributed by atoms with Crippen molar-refractivity contribution in [1.29, 1.82) is 5.26 Å². The number of nitrogens with zero attached hydrogens (tertiary/aromatic N) is 3. The van der Waals surface area contributed by atoms with Crippen LogP contribution >= 0.6 is 0 Å². The molecule has 0 heterocycles. The number of carbonyl (C=O) groups excluding carboxylic acids is 1. The van der Waals surface area contributed by atoms with Crippen molar-refractivity contribution in [3.63, 3.8) is 0 Å². The zero-order chi connectivity index (χ0) is 12.0. The molecule has 0 atom stereocenters. The van der Waals surface area contributed by atoms with Crippen molar-refractivity contribution in [2.24, 2.45) is 5.10 Å². The summed E-state index contributed by atoms with van der Waals surface area (Å²) < 4.78 is 0. The first-order chi connectivity index (χ1) is 7.67. The highest BCUT2D eigenvalue weighted by Gasteiger charge is 2.04. The van der Waals surface area contributed by atoms with E-state index < -0.39 is 4.92 Å². The zero-order valence-corrected chi connectivity index (χ0v) is 7.95. The third-order valence-electron chi connectivity index (χ3n) is 1.59. The molecule has 0 spiro atoms. The molecule has 0 radical (unpaired) electrons. The fraction of sp³-hybridized carbons (Fsp3) is 0. The van der Waals surface area contributed by atoms with Crippen LogP contribution < -0.4 is 5.43 Å². The lowest BCUT2D eigenvalue weighted by molar-refractivity contribution is -0.384. The standard InChI is InChI=1S/C9H6N4O3/c10-5-8(6-14)12-11-7-2-1-3-9(4-7)13(15)16/h1-4,6,11H. The molecule has 1 rings (SSSR count). The minimum absolute atomic E-state index is 0.107. The largest absolute Gasteiger partial charge is 0.295 e. The van der Waals surface area contributed by atoms with E-state index in [0.29, 0.717) is 5.69 Å². The smallest absolute Gasteiger partial charge is 0.271 e. The van der Waals surface area contributed by atoms with E-state index >= 15 is 0 Å². The fourth-order valence-electron chi connectivity index (χ4n) is 0.892. The highest BCUT2D eigenvalue weighted by Crippen LogP contribution is 2.16. The second-order valence-corrected chi connectivity index (χ2v) is 2.65. The van der Waals surface area contributed by atoms with Gasteiger partial charge in [0, 0.05) is 12.1 Å². The number of hydrogen-bond donors (Lipinski definition) is 1. The van der Waals surface area contributed by atoms with Crippen LogP contribution in [-0.4, -0.2) is 16.9 Å². The van der Waals surface area contributed by atoms with Crippen molar-refractivity contribution >= 4 is 23.4 Å². The molecule has 80 valence electrons. The number of carbonyl (C=O) groups is 1. The van der Waals surface area contributed by atoms with E-state index in [4.69, 9.17) is 5.26 Å². The van der Waals surface area contributed by atoms with Crippen LogP contribution in [0.5, 0.6) is 0 Å². The quantitative estimate of drug-likeness (QED) is 0.352. The average molecular weight is 218 g/mol. The van der Waals surface area contributed by atoms with Crippen LogP contribution in [0.3, 0.4) is 0 Å². The van der Waals surface area contributed by atoms with Gasteiger partial charge in [-0.1, -0.05) is 6.07 Å². The predicted octanol–water partition coefficient (Wildman–Crippen LogP) is 1.09. The number of aldehydes is 1. The lowest BCUT2D eigenvalue weighted by atomic mass is 10.3. The first-order valence-electron chi connectivity index (χ1n) is 4.11. The maximum atomic E-state index is 10.4. The summed E-state index contributed by atoms with van der Waals surface area (Å²) in [5.74, 6) is 0. The van der Waals surface area contributed by atoms with Gasteiger partial charge in [0.15, 0.2) is 12.0 Å². The number of nitriles is 1. The van der Waals surface area contributed by atoms with Crippen LogP contribution in [0.1, 0.15) is 0 Å². The maximum absolute atomic E-state index is 10.4. The molecule has 0 aliphatic rings. The molecule has 1 aromatic rings. The van der Waals surface area contributed by atoms with Gasteiger partial charge in [0.1, 0.15) is 6.07 Å². The van der Waals surface area contributed by atoms with Crippen molar-refractivity contribution in [2.45, 2.75) is 0 Å². The molecule has 7 nitrogen and oxygen atoms in total. The summed E-state index contributed by atoms with van der Waals surface area (Å²) in [5, 5.41) is 22.3. The van der Waals surface area contributed by atoms with Gasteiger partial charge in [-0.2, -0.15) is 10.4 Å². The maximum Gasteiger partial charge on any atom is 0.271 e. The van der Waals surface area contributed by atoms with E-state index in [1.54, 1.807) is 6.07 Å². The van der Waals surface area contributed by atoms with Gasteiger partial charge in [-0.05, 0) is 6.07 Å². The van der Waals surface area contributed by atoms with Gasteiger partial charge in [-0.25, -0.2) is 0 Å². The number of nitro benzene ring substituents is 1. The van der Waals surface area contributed by atoms with Gasteiger partial charge < -0.3 is 0 Å². The average Bonchev–Trinajstić information content (AvgIpc) is 2.31. The first kappa shape index (κ1) is 11.3. The molecule has 0 unspecified atom stereocenters. The van der Waals surface area contributed by atoms with Crippen molar-refractivity contribution < 1.29 is 9.72 Å². The van der Waals surface area contributed by atoms with Crippen LogP contribution in [0, 0.1) is 21.4 Å². The van der Waals surface area contributed by atoms with Crippen molar-refractivity contribution in [2.75, 3.05) is 5.43 Å². The monoisotopic (exact) mass is 218 g/mol. The summed E-state index contributed by atoms with van der Waals surface area (Å²) >= 11 is 0. The molecule has 1 N–H and O–H groups in total. The minimum Gasteiger partial charge on any atom is -0.295 e. The third kappa shape index (κ3) is 2.88. The Hall–Kier alpha value is -2.75. The number of rotatable bonds is 4. The Balaban J connectivity index is 2.87. The Morgan fingerprint density at radius 2 is 2.38 bits per heavy atom. The number of anilines is 1. The number of nitrogens with one attached hydrogen (secondary N) is 1. The van der Waals surface area contributed by atoms with Crippen LogP contribution in [0.4, 0.5) is 11.4 Å². The van der Waals surface area contributed by atoms with E-state index in [1.165, 1.54) is 24.3 Å². The third-order valence-corrected chi connectivity index (χ3v) is 1.59. The Morgan fingerprint density at radius 3 is 2.94 bits per heavy atom. The predicted molar refractivity (Wildman–Crippen MR) is 55.8 cm³/mol. The molecule has 0 aliphatic carbocycles. The number of hydrogen-bond acceptors (Lipinski definition) is 6. The van der Waals surface area contributed by atoms with Crippen LogP contribution in [-0.2, 0) is 4.79 Å². The highest BCUT2D eigenvalue weighted by atomic mass is 16.6. The van der Waals surface area contributed by atoms with Gasteiger partial charge in [0.05, 0.1) is 10.6 Å². The molecular weight excluding hydrogens is 212 g/mol. The molecule has 0 aliphatic heterocycles. The van der Waals surface area contributed by atoms with E-state index in [1.807, 2.05) is 0 Å². The number of benzene rings is 1. The molecule has 0 saturated carbocycles. The minimum atomic E-state index is -0.556. The Labute approximate surface area is 90.1 Å². The van der Waals surface area contributed by atoms with E-state index in [0.717, 1.165) is 0 Å². The highest BCUT2D eigenvalue weighted by molar-refractivity contribution is 6.35. The Bertz CT molecular complexity index is 490. The van der Waals surface area contributed by atoms with Gasteiger partial charge in [-0.3, -0.25) is 20.3 Å². The second kappa shape index (κ2) is 5.21. The lowest BCUT2D eigenvalue weighted by Gasteiger charge is -1.98. The molecule has 0 bridgehead atoms. The molecule has 0 amide bonds. The van der Waals surface area contributed by atoms with Gasteiger partial charge in [0.25, 0.3) is 5.69 Å². The number of nitro groups is 1. The zero-order valence-electron chi connectivity index (χ0n) is 7.95. The van der Waals surface area contributed by atoms with E-state index in [-0.39, 0.29) is 17.7 Å². The topological polar surface area (TPSA) is 108 Å². The molecule has 7 heteroatoms. The van der Waals surface area contributed by atoms with Crippen molar-refractivity contribution in [3.8, 4) is 6.07 Å². The molecule has 1 aromatic carbocycles. The van der Waals surface area contributed by atoms with Gasteiger partial charge in [-0.15, -0.1) is 0 Å². The van der Waals surface area contributed by atoms with Crippen molar-refractivity contribution in [3.05, 3.63) is 34.4 Å². The summed E-state index contributed by atoms with van der Waals surface area (Å²) in [6.07, 6.45) is 0.282. The first-order valence-corrected chi connectivity index (χ1v) is 4.11. The number of non-ortho nitro benzene ring substituents is 1. The SMILES string of the molecule is N#CC(C=O)=NNc1cccc([N+](=O)[O-])c1. The van der Waals surface area contributed by atoms with E-state index in [9.17, 15) is 14.9 Å². The number of hydrazone groups is 1. The molecule has 0 saturated heterocycles. The van der Waals surface area contributed by atoms with E-state index in [2.05, 4.69) is 10.5 Å². The Kier molecular flexibility index (Phi) is 3.69. The van der Waals surface area contributed by atoms with Crippen LogP contribution in [0.2, 0.25) is 0 Å². The fourth-order valence-corrected chi connectivity index (χ4v) is 0.892. The Morgan fingerprint density at radius 1 is 1.62 bits per heavy atom. The van der Waals surface area contributed by atoms with Crippen molar-refractivity contribution in [1.82, 2.24) is 0 Å². The molecule has 0 aromatic heterocycles. The lowest BCUT2D eigenvalue weighted by Crippen LogP contribution is -2.00. The summed E-state index contributed by atoms with van der Waals surface area (Å²) in [6.45, 7) is 0.